The maximum Gasteiger partial charge on any atom is 0.267 e. The summed E-state index contributed by atoms with van der Waals surface area (Å²) < 4.78 is 12.4. The molecule has 1 fully saturated rings. The van der Waals surface area contributed by atoms with Gasteiger partial charge in [-0.05, 0) is 25.5 Å². The third-order valence-electron chi connectivity index (χ3n) is 4.88. The van der Waals surface area contributed by atoms with Gasteiger partial charge in [0.05, 0.1) is 31.7 Å². The summed E-state index contributed by atoms with van der Waals surface area (Å²) in [5.74, 6) is 2.59. The maximum atomic E-state index is 11.9. The molecule has 1 saturated carbocycles. The van der Waals surface area contributed by atoms with Crippen LogP contribution < -0.4 is 15.0 Å². The minimum Gasteiger partial charge on any atom is -0.495 e. The summed E-state index contributed by atoms with van der Waals surface area (Å²) in [6.45, 7) is 2.33. The number of aryl methyl sites for hydroxylation is 2. The number of methoxy groups -OCH3 is 1. The molecule has 0 aliphatic heterocycles. The molecule has 8 heteroatoms. The monoisotopic (exact) mass is 379 g/mol. The third kappa shape index (κ3) is 3.71. The molecule has 3 heterocycles. The van der Waals surface area contributed by atoms with Crippen LogP contribution in [0.5, 0.6) is 11.6 Å². The second-order valence-electron chi connectivity index (χ2n) is 6.88. The number of ether oxygens (including phenoxy) is 2. The molecule has 2 atom stereocenters. The lowest BCUT2D eigenvalue weighted by atomic mass is 10.1. The van der Waals surface area contributed by atoms with Gasteiger partial charge in [0, 0.05) is 42.4 Å². The van der Waals surface area contributed by atoms with Crippen LogP contribution in [0.4, 0.5) is 0 Å². The SMILES string of the molecule is COc1ccc(C2CC2COc2nc(C)ncc2-c2cnn(C)c(=O)c2)nc1. The van der Waals surface area contributed by atoms with Crippen molar-refractivity contribution in [3.8, 4) is 22.8 Å². The van der Waals surface area contributed by atoms with Gasteiger partial charge in [-0.2, -0.15) is 10.1 Å². The van der Waals surface area contributed by atoms with E-state index in [2.05, 4.69) is 20.1 Å². The van der Waals surface area contributed by atoms with E-state index in [4.69, 9.17) is 9.47 Å². The molecule has 2 unspecified atom stereocenters. The Bertz CT molecular complexity index is 1050. The lowest BCUT2D eigenvalue weighted by Crippen LogP contribution is -2.18. The predicted octanol–water partition coefficient (Wildman–Crippen LogP) is 2.13. The number of hydrogen-bond donors (Lipinski definition) is 0. The largest absolute Gasteiger partial charge is 0.495 e. The van der Waals surface area contributed by atoms with Gasteiger partial charge in [0.15, 0.2) is 0 Å². The first-order valence-corrected chi connectivity index (χ1v) is 9.05. The van der Waals surface area contributed by atoms with E-state index in [1.54, 1.807) is 39.7 Å². The molecule has 28 heavy (non-hydrogen) atoms. The van der Waals surface area contributed by atoms with Gasteiger partial charge in [0.1, 0.15) is 11.6 Å². The highest BCUT2D eigenvalue weighted by Crippen LogP contribution is 2.47. The quantitative estimate of drug-likeness (QED) is 0.648. The van der Waals surface area contributed by atoms with Crippen molar-refractivity contribution in [3.05, 3.63) is 58.7 Å². The summed E-state index contributed by atoms with van der Waals surface area (Å²) in [7, 11) is 3.24. The molecule has 0 amide bonds. The Balaban J connectivity index is 1.48. The van der Waals surface area contributed by atoms with Crippen molar-refractivity contribution in [1.82, 2.24) is 24.7 Å². The minimum absolute atomic E-state index is 0.197. The van der Waals surface area contributed by atoms with Gasteiger partial charge >= 0.3 is 0 Å². The molecule has 144 valence electrons. The van der Waals surface area contributed by atoms with E-state index in [0.29, 0.717) is 41.3 Å². The van der Waals surface area contributed by atoms with Crippen LogP contribution in [0.3, 0.4) is 0 Å². The van der Waals surface area contributed by atoms with Gasteiger partial charge in [0.2, 0.25) is 5.88 Å². The van der Waals surface area contributed by atoms with Crippen molar-refractivity contribution < 1.29 is 9.47 Å². The summed E-state index contributed by atoms with van der Waals surface area (Å²) in [5, 5.41) is 4.07. The van der Waals surface area contributed by atoms with Crippen molar-refractivity contribution in [2.75, 3.05) is 13.7 Å². The van der Waals surface area contributed by atoms with Gasteiger partial charge in [-0.3, -0.25) is 9.78 Å². The van der Waals surface area contributed by atoms with Crippen molar-refractivity contribution in [2.24, 2.45) is 13.0 Å². The van der Waals surface area contributed by atoms with Gasteiger partial charge < -0.3 is 9.47 Å². The Labute approximate surface area is 162 Å². The highest BCUT2D eigenvalue weighted by Gasteiger charge is 2.40. The first-order chi connectivity index (χ1) is 13.5. The molecule has 4 rings (SSSR count). The van der Waals surface area contributed by atoms with Crippen LogP contribution >= 0.6 is 0 Å². The maximum absolute atomic E-state index is 11.9. The fourth-order valence-electron chi connectivity index (χ4n) is 3.09. The molecule has 0 bridgehead atoms. The summed E-state index contributed by atoms with van der Waals surface area (Å²) in [6, 6.07) is 5.43. The van der Waals surface area contributed by atoms with Gasteiger partial charge in [0.25, 0.3) is 5.56 Å². The first-order valence-electron chi connectivity index (χ1n) is 9.05. The molecular formula is C20H21N5O3. The number of hydrogen-bond acceptors (Lipinski definition) is 7. The molecule has 0 saturated heterocycles. The molecule has 0 spiro atoms. The second kappa shape index (κ2) is 7.38. The number of aromatic nitrogens is 5. The lowest BCUT2D eigenvalue weighted by Gasteiger charge is -2.11. The summed E-state index contributed by atoms with van der Waals surface area (Å²) in [6.07, 6.45) is 6.04. The van der Waals surface area contributed by atoms with E-state index in [1.165, 1.54) is 10.7 Å². The molecule has 8 nitrogen and oxygen atoms in total. The average molecular weight is 379 g/mol. The molecule has 3 aromatic rings. The van der Waals surface area contributed by atoms with E-state index in [9.17, 15) is 4.79 Å². The van der Waals surface area contributed by atoms with Crippen LogP contribution in [-0.2, 0) is 7.05 Å². The van der Waals surface area contributed by atoms with Crippen molar-refractivity contribution in [1.29, 1.82) is 0 Å². The Morgan fingerprint density at radius 1 is 1.21 bits per heavy atom. The summed E-state index contributed by atoms with van der Waals surface area (Å²) in [4.78, 5) is 25.0. The summed E-state index contributed by atoms with van der Waals surface area (Å²) >= 11 is 0. The Morgan fingerprint density at radius 2 is 2.07 bits per heavy atom. The lowest BCUT2D eigenvalue weighted by molar-refractivity contribution is 0.285. The molecule has 0 N–H and O–H groups in total. The molecule has 0 radical (unpaired) electrons. The summed E-state index contributed by atoms with van der Waals surface area (Å²) in [5.41, 5.74) is 2.15. The van der Waals surface area contributed by atoms with Gasteiger partial charge in [-0.15, -0.1) is 0 Å². The second-order valence-corrected chi connectivity index (χ2v) is 6.88. The fraction of sp³-hybridized carbons (Fsp3) is 0.350. The zero-order valence-corrected chi connectivity index (χ0v) is 16.0. The van der Waals surface area contributed by atoms with Gasteiger partial charge in [-0.1, -0.05) is 0 Å². The smallest absolute Gasteiger partial charge is 0.267 e. The molecule has 1 aliphatic carbocycles. The number of pyridine rings is 1. The number of nitrogens with zero attached hydrogens (tertiary/aromatic N) is 5. The van der Waals surface area contributed by atoms with Crippen LogP contribution in [0.2, 0.25) is 0 Å². The number of rotatable bonds is 6. The Hall–Kier alpha value is -3.29. The van der Waals surface area contributed by atoms with Crippen LogP contribution in [0.15, 0.2) is 41.6 Å². The van der Waals surface area contributed by atoms with Gasteiger partial charge in [-0.25, -0.2) is 9.67 Å². The third-order valence-corrected chi connectivity index (χ3v) is 4.88. The Kier molecular flexibility index (Phi) is 4.77. The predicted molar refractivity (Wildman–Crippen MR) is 102 cm³/mol. The van der Waals surface area contributed by atoms with E-state index < -0.39 is 0 Å². The fourth-order valence-corrected chi connectivity index (χ4v) is 3.09. The van der Waals surface area contributed by atoms with Crippen molar-refractivity contribution in [3.63, 3.8) is 0 Å². The van der Waals surface area contributed by atoms with Crippen LogP contribution in [-0.4, -0.2) is 38.4 Å². The van der Waals surface area contributed by atoms with E-state index in [-0.39, 0.29) is 5.56 Å². The first kappa shape index (κ1) is 18.1. The van der Waals surface area contributed by atoms with E-state index >= 15 is 0 Å². The Morgan fingerprint density at radius 3 is 2.79 bits per heavy atom. The highest BCUT2D eigenvalue weighted by atomic mass is 16.5. The van der Waals surface area contributed by atoms with E-state index in [0.717, 1.165) is 17.9 Å². The zero-order chi connectivity index (χ0) is 19.7. The molecular weight excluding hydrogens is 358 g/mol. The van der Waals surface area contributed by atoms with E-state index in [1.807, 2.05) is 12.1 Å². The highest BCUT2D eigenvalue weighted by molar-refractivity contribution is 5.66. The van der Waals surface area contributed by atoms with Crippen molar-refractivity contribution >= 4 is 0 Å². The van der Waals surface area contributed by atoms with Crippen LogP contribution in [0.1, 0.15) is 23.9 Å². The van der Waals surface area contributed by atoms with Crippen LogP contribution in [0, 0.1) is 12.8 Å². The zero-order valence-electron chi connectivity index (χ0n) is 16.0. The minimum atomic E-state index is -0.197. The van der Waals surface area contributed by atoms with Crippen molar-refractivity contribution in [2.45, 2.75) is 19.3 Å². The molecule has 0 aromatic carbocycles. The molecule has 3 aromatic heterocycles. The normalized spacial score (nSPS) is 18.0. The molecule has 1 aliphatic rings. The van der Waals surface area contributed by atoms with Crippen LogP contribution in [0.25, 0.3) is 11.1 Å². The average Bonchev–Trinajstić information content (AvgIpc) is 3.48. The topological polar surface area (TPSA) is 92.0 Å². The standard InChI is InChI=1S/C20H21N5O3/c1-12-21-10-17(13-7-19(26)25(2)23-8-13)20(24-12)28-11-14-6-16(14)18-5-4-15(27-3)9-22-18/h4-5,7-10,14,16H,6,11H2,1-3H3.